The van der Waals surface area contributed by atoms with Crippen LogP contribution in [0, 0.1) is 13.8 Å². The molecule has 3 rings (SSSR count). The van der Waals surface area contributed by atoms with Crippen LogP contribution in [0.5, 0.6) is 0 Å². The van der Waals surface area contributed by atoms with Gasteiger partial charge in [-0.05, 0) is 45.2 Å². The number of hydrogen-bond acceptors (Lipinski definition) is 3. The van der Waals surface area contributed by atoms with Gasteiger partial charge in [-0.25, -0.2) is 0 Å². The van der Waals surface area contributed by atoms with Crippen LogP contribution in [0.3, 0.4) is 0 Å². The van der Waals surface area contributed by atoms with E-state index < -0.39 is 0 Å². The second kappa shape index (κ2) is 9.21. The van der Waals surface area contributed by atoms with Gasteiger partial charge in [0.2, 0.25) is 0 Å². The van der Waals surface area contributed by atoms with Gasteiger partial charge in [0.15, 0.2) is 0 Å². The molecule has 3 heteroatoms. The zero-order valence-corrected chi connectivity index (χ0v) is 13.9. The summed E-state index contributed by atoms with van der Waals surface area (Å²) in [6.07, 6.45) is 0. The predicted molar refractivity (Wildman–Crippen MR) is 103 cm³/mol. The van der Waals surface area contributed by atoms with Gasteiger partial charge < -0.3 is 15.5 Å². The Labute approximate surface area is 141 Å². The maximum Gasteiger partial charge on any atom is 0.0367 e. The third kappa shape index (κ3) is 6.33. The standard InChI is InChI=1S/C12H18N2.C7H9N.CH4/c1-11-3-5-12(6-4-11)14-9-7-13(2)8-10-14;1-6-2-4-7(8)5-3-6;/h3-6H,7-10H2,1-2H3;2-5H,8H2,1H3;1H4. The predicted octanol–water partition coefficient (Wildman–Crippen LogP) is 3.96. The van der Waals surface area contributed by atoms with Crippen LogP contribution in [0.15, 0.2) is 48.5 Å². The largest absolute Gasteiger partial charge is 0.399 e. The third-order valence-electron chi connectivity index (χ3n) is 3.98. The van der Waals surface area contributed by atoms with Crippen molar-refractivity contribution in [1.29, 1.82) is 0 Å². The molecule has 2 aromatic carbocycles. The van der Waals surface area contributed by atoms with E-state index in [0.29, 0.717) is 0 Å². The first-order valence-electron chi connectivity index (χ1n) is 7.87. The van der Waals surface area contributed by atoms with E-state index in [9.17, 15) is 0 Å². The summed E-state index contributed by atoms with van der Waals surface area (Å²) >= 11 is 0. The first-order chi connectivity index (χ1) is 10.5. The summed E-state index contributed by atoms with van der Waals surface area (Å²) < 4.78 is 0. The summed E-state index contributed by atoms with van der Waals surface area (Å²) in [7, 11) is 2.19. The average molecular weight is 313 g/mol. The molecular formula is C20H31N3. The highest BCUT2D eigenvalue weighted by Crippen LogP contribution is 2.16. The fourth-order valence-corrected chi connectivity index (χ4v) is 2.39. The second-order valence-electron chi connectivity index (χ2n) is 6.04. The molecule has 126 valence electrons. The highest BCUT2D eigenvalue weighted by molar-refractivity contribution is 5.47. The molecule has 0 unspecified atom stereocenters. The Balaban J connectivity index is 0.000000253. The lowest BCUT2D eigenvalue weighted by Gasteiger charge is -2.34. The van der Waals surface area contributed by atoms with Gasteiger partial charge in [0, 0.05) is 37.6 Å². The van der Waals surface area contributed by atoms with Crippen LogP contribution in [0.25, 0.3) is 0 Å². The number of nitrogens with zero attached hydrogens (tertiary/aromatic N) is 2. The lowest BCUT2D eigenvalue weighted by Crippen LogP contribution is -2.44. The fourth-order valence-electron chi connectivity index (χ4n) is 2.39. The van der Waals surface area contributed by atoms with E-state index in [1.165, 1.54) is 29.9 Å². The van der Waals surface area contributed by atoms with Gasteiger partial charge in [0.25, 0.3) is 0 Å². The second-order valence-corrected chi connectivity index (χ2v) is 6.04. The zero-order chi connectivity index (χ0) is 15.9. The molecule has 2 aromatic rings. The first kappa shape index (κ1) is 19.0. The van der Waals surface area contributed by atoms with Crippen molar-refractivity contribution in [3.8, 4) is 0 Å². The number of piperazine rings is 1. The van der Waals surface area contributed by atoms with Gasteiger partial charge in [-0.3, -0.25) is 0 Å². The molecule has 1 heterocycles. The maximum atomic E-state index is 5.43. The van der Waals surface area contributed by atoms with E-state index in [2.05, 4.69) is 48.0 Å². The van der Waals surface area contributed by atoms with Crippen molar-refractivity contribution in [2.45, 2.75) is 21.3 Å². The van der Waals surface area contributed by atoms with Crippen LogP contribution in [-0.2, 0) is 0 Å². The number of nitrogen functional groups attached to an aromatic ring is 1. The normalized spacial score (nSPS) is 14.5. The van der Waals surface area contributed by atoms with Gasteiger partial charge in [-0.2, -0.15) is 0 Å². The number of nitrogens with two attached hydrogens (primary N) is 1. The minimum atomic E-state index is 0. The Morgan fingerprint density at radius 2 is 1.17 bits per heavy atom. The Kier molecular flexibility index (Phi) is 7.63. The fraction of sp³-hybridized carbons (Fsp3) is 0.400. The van der Waals surface area contributed by atoms with Crippen LogP contribution < -0.4 is 10.6 Å². The number of hydrogen-bond donors (Lipinski definition) is 1. The van der Waals surface area contributed by atoms with Crippen molar-refractivity contribution >= 4 is 11.4 Å². The van der Waals surface area contributed by atoms with E-state index in [4.69, 9.17) is 5.73 Å². The molecule has 0 radical (unpaired) electrons. The lowest BCUT2D eigenvalue weighted by atomic mass is 10.2. The Morgan fingerprint density at radius 1 is 0.739 bits per heavy atom. The lowest BCUT2D eigenvalue weighted by molar-refractivity contribution is 0.313. The van der Waals surface area contributed by atoms with Crippen molar-refractivity contribution in [3.63, 3.8) is 0 Å². The highest BCUT2D eigenvalue weighted by atomic mass is 15.2. The molecule has 0 bridgehead atoms. The molecule has 0 saturated carbocycles. The molecular weight excluding hydrogens is 282 g/mol. The molecule has 0 aromatic heterocycles. The summed E-state index contributed by atoms with van der Waals surface area (Å²) in [4.78, 5) is 4.84. The van der Waals surface area contributed by atoms with Crippen LogP contribution in [0.4, 0.5) is 11.4 Å². The molecule has 0 amide bonds. The summed E-state index contributed by atoms with van der Waals surface area (Å²) in [6.45, 7) is 8.83. The molecule has 0 spiro atoms. The van der Waals surface area contributed by atoms with Crippen molar-refractivity contribution in [2.24, 2.45) is 0 Å². The monoisotopic (exact) mass is 313 g/mol. The minimum absolute atomic E-state index is 0. The van der Waals surface area contributed by atoms with Crippen LogP contribution in [0.2, 0.25) is 0 Å². The molecule has 0 atom stereocenters. The molecule has 0 aliphatic carbocycles. The quantitative estimate of drug-likeness (QED) is 0.809. The summed E-state index contributed by atoms with van der Waals surface area (Å²) in [6, 6.07) is 16.6. The number of benzene rings is 2. The first-order valence-corrected chi connectivity index (χ1v) is 7.87. The molecule has 1 aliphatic rings. The highest BCUT2D eigenvalue weighted by Gasteiger charge is 2.13. The summed E-state index contributed by atoms with van der Waals surface area (Å²) in [5.41, 5.74) is 10.2. The minimum Gasteiger partial charge on any atom is -0.399 e. The van der Waals surface area contributed by atoms with E-state index >= 15 is 0 Å². The topological polar surface area (TPSA) is 32.5 Å². The maximum absolute atomic E-state index is 5.43. The van der Waals surface area contributed by atoms with E-state index in [0.717, 1.165) is 18.8 Å². The van der Waals surface area contributed by atoms with Crippen LogP contribution in [-0.4, -0.2) is 38.1 Å². The summed E-state index contributed by atoms with van der Waals surface area (Å²) in [5.74, 6) is 0. The van der Waals surface area contributed by atoms with Crippen molar-refractivity contribution in [2.75, 3.05) is 43.9 Å². The molecule has 1 aliphatic heterocycles. The van der Waals surface area contributed by atoms with Crippen molar-refractivity contribution < 1.29 is 0 Å². The molecule has 2 N–H and O–H groups in total. The molecule has 1 saturated heterocycles. The zero-order valence-electron chi connectivity index (χ0n) is 13.9. The SMILES string of the molecule is C.Cc1ccc(N)cc1.Cc1ccc(N2CCN(C)CC2)cc1. The number of aryl methyl sites for hydroxylation is 2. The summed E-state index contributed by atoms with van der Waals surface area (Å²) in [5, 5.41) is 0. The number of rotatable bonds is 1. The molecule has 1 fully saturated rings. The smallest absolute Gasteiger partial charge is 0.0367 e. The van der Waals surface area contributed by atoms with Gasteiger partial charge in [-0.15, -0.1) is 0 Å². The average Bonchev–Trinajstić information content (AvgIpc) is 2.53. The van der Waals surface area contributed by atoms with Crippen molar-refractivity contribution in [3.05, 3.63) is 59.7 Å². The Bertz CT molecular complexity index is 531. The van der Waals surface area contributed by atoms with Gasteiger partial charge in [0.05, 0.1) is 0 Å². The number of anilines is 2. The molecule has 23 heavy (non-hydrogen) atoms. The van der Waals surface area contributed by atoms with E-state index in [1.54, 1.807) is 0 Å². The van der Waals surface area contributed by atoms with Gasteiger partial charge in [0.1, 0.15) is 0 Å². The van der Waals surface area contributed by atoms with Crippen LogP contribution in [0.1, 0.15) is 18.6 Å². The molecule has 3 nitrogen and oxygen atoms in total. The number of likely N-dealkylation sites (N-methyl/N-ethyl adjacent to an activating group) is 1. The van der Waals surface area contributed by atoms with Crippen LogP contribution >= 0.6 is 0 Å². The Hall–Kier alpha value is -2.00. The van der Waals surface area contributed by atoms with Gasteiger partial charge >= 0.3 is 0 Å². The third-order valence-corrected chi connectivity index (χ3v) is 3.98. The van der Waals surface area contributed by atoms with E-state index in [1.807, 2.05) is 31.2 Å². The van der Waals surface area contributed by atoms with Crippen molar-refractivity contribution in [1.82, 2.24) is 4.90 Å². The van der Waals surface area contributed by atoms with Gasteiger partial charge in [-0.1, -0.05) is 42.8 Å². The van der Waals surface area contributed by atoms with E-state index in [-0.39, 0.29) is 7.43 Å². The Morgan fingerprint density at radius 3 is 1.61 bits per heavy atom.